The number of carbonyl (C=O) groups is 1. The maximum absolute atomic E-state index is 11.6. The first kappa shape index (κ1) is 23.2. The fraction of sp³-hybridized carbons (Fsp3) is 0.370. The van der Waals surface area contributed by atoms with Gasteiger partial charge in [-0.25, -0.2) is 0 Å². The van der Waals surface area contributed by atoms with Crippen molar-refractivity contribution in [2.45, 2.75) is 66.4 Å². The number of rotatable bonds is 4. The summed E-state index contributed by atoms with van der Waals surface area (Å²) < 4.78 is 12.1. The predicted octanol–water partition coefficient (Wildman–Crippen LogP) is 6.31. The van der Waals surface area contributed by atoms with Crippen LogP contribution >= 0.6 is 12.2 Å². The Morgan fingerprint density at radius 2 is 1.91 bits per heavy atom. The molecular weight excluding hydrogens is 432 g/mol. The molecule has 1 aliphatic heterocycles. The van der Waals surface area contributed by atoms with Gasteiger partial charge in [0.2, 0.25) is 0 Å². The lowest BCUT2D eigenvalue weighted by atomic mass is 9.85. The Labute approximate surface area is 200 Å². The molecule has 2 aromatic carbocycles. The van der Waals surface area contributed by atoms with E-state index in [1.165, 1.54) is 6.92 Å². The van der Waals surface area contributed by atoms with Crippen LogP contribution in [-0.4, -0.2) is 21.5 Å². The van der Waals surface area contributed by atoms with Crippen molar-refractivity contribution in [3.8, 4) is 11.5 Å². The second kappa shape index (κ2) is 8.75. The summed E-state index contributed by atoms with van der Waals surface area (Å²) >= 11 is 5.78. The number of nitrogens with zero attached hydrogens (tertiary/aromatic N) is 1. The summed E-state index contributed by atoms with van der Waals surface area (Å²) in [5, 5.41) is 4.49. The van der Waals surface area contributed by atoms with Crippen molar-refractivity contribution in [3.05, 3.63) is 58.3 Å². The number of hydrogen-bond acceptors (Lipinski definition) is 5. The molecular formula is C27H30N2O3S. The summed E-state index contributed by atoms with van der Waals surface area (Å²) in [6.45, 7) is 11.5. The van der Waals surface area contributed by atoms with Crippen LogP contribution < -0.4 is 14.8 Å². The van der Waals surface area contributed by atoms with E-state index in [1.807, 2.05) is 52.0 Å². The maximum atomic E-state index is 11.6. The molecule has 172 valence electrons. The predicted molar refractivity (Wildman–Crippen MR) is 137 cm³/mol. The van der Waals surface area contributed by atoms with Crippen LogP contribution in [0.4, 0.5) is 5.69 Å². The number of fused-ring (bicyclic) bond motifs is 2. The quantitative estimate of drug-likeness (QED) is 0.279. The van der Waals surface area contributed by atoms with Crippen LogP contribution in [0.25, 0.3) is 10.9 Å². The molecule has 0 aliphatic carbocycles. The number of carbonyl (C=O) groups excluding carboxylic acids is 1. The Kier molecular flexibility index (Phi) is 6.14. The Morgan fingerprint density at radius 3 is 2.64 bits per heavy atom. The molecule has 0 saturated heterocycles. The Balaban J connectivity index is 1.58. The van der Waals surface area contributed by atoms with Crippen molar-refractivity contribution in [2.75, 3.05) is 5.32 Å². The number of pyridine rings is 1. The summed E-state index contributed by atoms with van der Waals surface area (Å²) in [5.41, 5.74) is 6.46. The van der Waals surface area contributed by atoms with E-state index in [4.69, 9.17) is 21.7 Å². The smallest absolute Gasteiger partial charge is 0.308 e. The van der Waals surface area contributed by atoms with Gasteiger partial charge in [-0.3, -0.25) is 9.78 Å². The number of benzene rings is 2. The van der Waals surface area contributed by atoms with Crippen molar-refractivity contribution in [1.29, 1.82) is 0 Å². The standard InChI is InChI=1S/C27H30N2O3S/c1-15-13-23(21-9-7-8-10-22(21)28-15)29-24(33)14-27(6)12-11-20-18(4)25(31-19(5)30)16(2)17(3)26(20)32-27/h7-10,13H,11-12,14H2,1-6H3,(H,28,29,33). The summed E-state index contributed by atoms with van der Waals surface area (Å²) in [6, 6.07) is 10.1. The van der Waals surface area contributed by atoms with Crippen LogP contribution in [0.1, 0.15) is 54.6 Å². The van der Waals surface area contributed by atoms with Gasteiger partial charge in [-0.15, -0.1) is 0 Å². The van der Waals surface area contributed by atoms with E-state index in [1.54, 1.807) is 0 Å². The van der Waals surface area contributed by atoms with Gasteiger partial charge < -0.3 is 14.8 Å². The molecule has 1 N–H and O–H groups in total. The van der Waals surface area contributed by atoms with Crippen molar-refractivity contribution in [3.63, 3.8) is 0 Å². The normalized spacial score (nSPS) is 17.3. The first-order valence-corrected chi connectivity index (χ1v) is 11.6. The summed E-state index contributed by atoms with van der Waals surface area (Å²) in [7, 11) is 0. The highest BCUT2D eigenvalue weighted by atomic mass is 32.1. The highest BCUT2D eigenvalue weighted by Gasteiger charge is 2.36. The third-order valence-electron chi connectivity index (χ3n) is 6.46. The molecule has 0 radical (unpaired) electrons. The molecule has 1 unspecified atom stereocenters. The highest BCUT2D eigenvalue weighted by molar-refractivity contribution is 7.80. The lowest BCUT2D eigenvalue weighted by molar-refractivity contribution is -0.132. The SMILES string of the molecule is CC(=O)Oc1c(C)c(C)c2c(c1C)CCC(C)(CC(=S)Nc1cc(C)nc3ccccc13)O2. The summed E-state index contributed by atoms with van der Waals surface area (Å²) in [6.07, 6.45) is 2.26. The topological polar surface area (TPSA) is 60.5 Å². The van der Waals surface area contributed by atoms with E-state index >= 15 is 0 Å². The zero-order valence-electron chi connectivity index (χ0n) is 20.1. The van der Waals surface area contributed by atoms with E-state index in [0.717, 1.165) is 68.1 Å². The molecule has 0 bridgehead atoms. The van der Waals surface area contributed by atoms with Crippen LogP contribution in [0.3, 0.4) is 0 Å². The fourth-order valence-electron chi connectivity index (χ4n) is 4.65. The lowest BCUT2D eigenvalue weighted by Crippen LogP contribution is -2.40. The van der Waals surface area contributed by atoms with E-state index < -0.39 is 5.60 Å². The van der Waals surface area contributed by atoms with Crippen LogP contribution in [0.15, 0.2) is 30.3 Å². The van der Waals surface area contributed by atoms with Crippen molar-refractivity contribution >= 4 is 39.8 Å². The molecule has 2 heterocycles. The third kappa shape index (κ3) is 4.58. The number of para-hydroxylation sites is 1. The molecule has 0 spiro atoms. The van der Waals surface area contributed by atoms with Crippen LogP contribution in [0, 0.1) is 27.7 Å². The first-order valence-electron chi connectivity index (χ1n) is 11.2. The second-order valence-electron chi connectivity index (χ2n) is 9.21. The van der Waals surface area contributed by atoms with Gasteiger partial charge in [0.25, 0.3) is 0 Å². The van der Waals surface area contributed by atoms with E-state index in [2.05, 4.69) is 23.3 Å². The van der Waals surface area contributed by atoms with Gasteiger partial charge in [-0.2, -0.15) is 0 Å². The maximum Gasteiger partial charge on any atom is 0.308 e. The minimum atomic E-state index is -0.429. The fourth-order valence-corrected chi connectivity index (χ4v) is 5.06. The van der Waals surface area contributed by atoms with Crippen LogP contribution in [-0.2, 0) is 11.2 Å². The molecule has 1 aliphatic rings. The van der Waals surface area contributed by atoms with Gasteiger partial charge in [0.05, 0.1) is 16.2 Å². The van der Waals surface area contributed by atoms with Crippen molar-refractivity contribution in [2.24, 2.45) is 0 Å². The number of nitrogens with one attached hydrogen (secondary N) is 1. The highest BCUT2D eigenvalue weighted by Crippen LogP contribution is 2.44. The van der Waals surface area contributed by atoms with Gasteiger partial charge in [0, 0.05) is 30.0 Å². The zero-order valence-corrected chi connectivity index (χ0v) is 20.9. The largest absolute Gasteiger partial charge is 0.487 e. The first-order chi connectivity index (χ1) is 15.6. The minimum Gasteiger partial charge on any atom is -0.487 e. The van der Waals surface area contributed by atoms with E-state index in [9.17, 15) is 4.79 Å². The molecule has 0 fully saturated rings. The molecule has 0 saturated carbocycles. The van der Waals surface area contributed by atoms with Crippen LogP contribution in [0.5, 0.6) is 11.5 Å². The molecule has 6 heteroatoms. The Morgan fingerprint density at radius 1 is 1.18 bits per heavy atom. The second-order valence-corrected chi connectivity index (χ2v) is 9.70. The average Bonchev–Trinajstić information content (AvgIpc) is 2.74. The third-order valence-corrected chi connectivity index (χ3v) is 6.71. The Bertz CT molecular complexity index is 1280. The molecule has 4 rings (SSSR count). The van der Waals surface area contributed by atoms with Gasteiger partial charge in [0.1, 0.15) is 17.1 Å². The molecule has 5 nitrogen and oxygen atoms in total. The summed E-state index contributed by atoms with van der Waals surface area (Å²) in [5.74, 6) is 1.24. The van der Waals surface area contributed by atoms with Gasteiger partial charge >= 0.3 is 5.97 Å². The lowest BCUT2D eigenvalue weighted by Gasteiger charge is -2.38. The van der Waals surface area contributed by atoms with E-state index in [0.29, 0.717) is 12.2 Å². The molecule has 1 atom stereocenters. The number of aromatic nitrogens is 1. The molecule has 0 amide bonds. The number of aryl methyl sites for hydroxylation is 1. The van der Waals surface area contributed by atoms with Crippen LogP contribution in [0.2, 0.25) is 0 Å². The number of esters is 1. The van der Waals surface area contributed by atoms with Gasteiger partial charge in [0.15, 0.2) is 0 Å². The zero-order chi connectivity index (χ0) is 23.9. The molecule has 3 aromatic rings. The molecule has 1 aromatic heterocycles. The van der Waals surface area contributed by atoms with Crippen molar-refractivity contribution in [1.82, 2.24) is 4.98 Å². The Hall–Kier alpha value is -2.99. The van der Waals surface area contributed by atoms with E-state index in [-0.39, 0.29) is 5.97 Å². The number of anilines is 1. The van der Waals surface area contributed by atoms with Crippen molar-refractivity contribution < 1.29 is 14.3 Å². The summed E-state index contributed by atoms with van der Waals surface area (Å²) in [4.78, 5) is 16.9. The number of ether oxygens (including phenoxy) is 2. The minimum absolute atomic E-state index is 0.308. The van der Waals surface area contributed by atoms with Gasteiger partial charge in [-0.05, 0) is 76.3 Å². The van der Waals surface area contributed by atoms with Gasteiger partial charge in [-0.1, -0.05) is 30.4 Å². The monoisotopic (exact) mass is 462 g/mol. The number of hydrogen-bond donors (Lipinski definition) is 1. The average molecular weight is 463 g/mol. The number of thiocarbonyl (C=S) groups is 1. The molecule has 33 heavy (non-hydrogen) atoms.